The Balaban J connectivity index is 1.86. The van der Waals surface area contributed by atoms with Crippen molar-refractivity contribution in [3.05, 3.63) is 29.8 Å². The molecule has 1 fully saturated rings. The van der Waals surface area contributed by atoms with Gasteiger partial charge in [0.05, 0.1) is 18.8 Å². The summed E-state index contributed by atoms with van der Waals surface area (Å²) in [6.07, 6.45) is 4.43. The second-order valence-corrected chi connectivity index (χ2v) is 5.52. The van der Waals surface area contributed by atoms with Crippen molar-refractivity contribution in [1.82, 2.24) is 0 Å². The van der Waals surface area contributed by atoms with Crippen LogP contribution in [0.2, 0.25) is 0 Å². The molecule has 1 aliphatic rings. The molecule has 1 N–H and O–H groups in total. The van der Waals surface area contributed by atoms with E-state index < -0.39 is 6.10 Å². The Morgan fingerprint density at radius 2 is 2.05 bits per heavy atom. The third-order valence-corrected chi connectivity index (χ3v) is 4.07. The lowest BCUT2D eigenvalue weighted by Crippen LogP contribution is -2.44. The van der Waals surface area contributed by atoms with E-state index in [2.05, 4.69) is 12.1 Å². The Labute approximate surface area is 115 Å². The molecule has 0 bridgehead atoms. The van der Waals surface area contributed by atoms with E-state index in [-0.39, 0.29) is 5.60 Å². The van der Waals surface area contributed by atoms with E-state index >= 15 is 0 Å². The molecule has 3 heteroatoms. The molecule has 1 heterocycles. The largest absolute Gasteiger partial charge is 0.497 e. The van der Waals surface area contributed by atoms with Gasteiger partial charge in [0.15, 0.2) is 0 Å². The van der Waals surface area contributed by atoms with Gasteiger partial charge >= 0.3 is 0 Å². The summed E-state index contributed by atoms with van der Waals surface area (Å²) in [7, 11) is 1.67. The fourth-order valence-electron chi connectivity index (χ4n) is 2.62. The number of ether oxygens (including phenoxy) is 2. The highest BCUT2D eigenvalue weighted by Crippen LogP contribution is 2.30. The summed E-state index contributed by atoms with van der Waals surface area (Å²) in [6, 6.07) is 8.02. The van der Waals surface area contributed by atoms with Crippen molar-refractivity contribution in [3.8, 4) is 5.75 Å². The van der Waals surface area contributed by atoms with Crippen LogP contribution < -0.4 is 4.74 Å². The monoisotopic (exact) mass is 264 g/mol. The minimum absolute atomic E-state index is 0.356. The van der Waals surface area contributed by atoms with Crippen LogP contribution in [0.15, 0.2) is 24.3 Å². The van der Waals surface area contributed by atoms with Gasteiger partial charge < -0.3 is 14.6 Å². The van der Waals surface area contributed by atoms with Gasteiger partial charge in [-0.2, -0.15) is 0 Å². The van der Waals surface area contributed by atoms with Crippen molar-refractivity contribution in [2.45, 2.75) is 50.7 Å². The minimum atomic E-state index is -0.394. The topological polar surface area (TPSA) is 38.7 Å². The van der Waals surface area contributed by atoms with Crippen LogP contribution in [0.4, 0.5) is 0 Å². The van der Waals surface area contributed by atoms with Gasteiger partial charge in [-0.3, -0.25) is 0 Å². The molecule has 2 unspecified atom stereocenters. The second kappa shape index (κ2) is 6.40. The maximum atomic E-state index is 10.3. The fourth-order valence-corrected chi connectivity index (χ4v) is 2.62. The van der Waals surface area contributed by atoms with Gasteiger partial charge in [-0.1, -0.05) is 12.1 Å². The number of hydrogen-bond acceptors (Lipinski definition) is 3. The first kappa shape index (κ1) is 14.4. The van der Waals surface area contributed by atoms with Crippen molar-refractivity contribution in [3.63, 3.8) is 0 Å². The Morgan fingerprint density at radius 1 is 1.32 bits per heavy atom. The van der Waals surface area contributed by atoms with Gasteiger partial charge in [0.2, 0.25) is 0 Å². The number of hydrogen-bond donors (Lipinski definition) is 1. The van der Waals surface area contributed by atoms with Crippen LogP contribution in [0.5, 0.6) is 5.75 Å². The predicted octanol–water partition coefficient (Wildman–Crippen LogP) is 2.95. The molecule has 0 radical (unpaired) electrons. The van der Waals surface area contributed by atoms with Crippen molar-refractivity contribution < 1.29 is 14.6 Å². The Morgan fingerprint density at radius 3 is 2.63 bits per heavy atom. The average molecular weight is 264 g/mol. The molecular formula is C16H24O3. The summed E-state index contributed by atoms with van der Waals surface area (Å²) in [6.45, 7) is 2.81. The molecule has 0 spiro atoms. The zero-order valence-corrected chi connectivity index (χ0v) is 11.9. The Kier molecular flexibility index (Phi) is 4.83. The molecular weight excluding hydrogens is 240 g/mol. The van der Waals surface area contributed by atoms with Crippen LogP contribution in [-0.2, 0) is 11.2 Å². The van der Waals surface area contributed by atoms with Crippen LogP contribution in [0.25, 0.3) is 0 Å². The molecule has 19 heavy (non-hydrogen) atoms. The maximum absolute atomic E-state index is 10.3. The zero-order chi connectivity index (χ0) is 13.7. The summed E-state index contributed by atoms with van der Waals surface area (Å²) in [5.41, 5.74) is 0.865. The lowest BCUT2D eigenvalue weighted by atomic mass is 9.87. The van der Waals surface area contributed by atoms with Crippen LogP contribution in [0, 0.1) is 0 Å². The molecule has 1 saturated heterocycles. The van der Waals surface area contributed by atoms with Gasteiger partial charge in [-0.05, 0) is 56.7 Å². The van der Waals surface area contributed by atoms with E-state index in [1.165, 1.54) is 5.56 Å². The van der Waals surface area contributed by atoms with Crippen molar-refractivity contribution in [2.24, 2.45) is 0 Å². The molecule has 1 aliphatic heterocycles. The first-order valence-electron chi connectivity index (χ1n) is 7.09. The van der Waals surface area contributed by atoms with Crippen LogP contribution in [-0.4, -0.2) is 30.5 Å². The smallest absolute Gasteiger partial charge is 0.118 e. The second-order valence-electron chi connectivity index (χ2n) is 5.52. The number of benzene rings is 1. The van der Waals surface area contributed by atoms with Gasteiger partial charge in [0.1, 0.15) is 5.75 Å². The number of aliphatic hydroxyl groups excluding tert-OH is 1. The van der Waals surface area contributed by atoms with E-state index in [4.69, 9.17) is 9.47 Å². The van der Waals surface area contributed by atoms with E-state index in [1.54, 1.807) is 7.11 Å². The van der Waals surface area contributed by atoms with Gasteiger partial charge in [0.25, 0.3) is 0 Å². The summed E-state index contributed by atoms with van der Waals surface area (Å²) >= 11 is 0. The highest BCUT2D eigenvalue weighted by Gasteiger charge is 2.35. The van der Waals surface area contributed by atoms with E-state index in [1.807, 2.05) is 19.1 Å². The number of aliphatic hydroxyl groups is 1. The quantitative estimate of drug-likeness (QED) is 0.888. The molecule has 0 saturated carbocycles. The standard InChI is InChI=1S/C16H24O3/c1-16(11-3-4-12-19-16)15(17)10-7-13-5-8-14(18-2)9-6-13/h5-6,8-9,15,17H,3-4,7,10-12H2,1-2H3. The Hall–Kier alpha value is -1.06. The number of rotatable bonds is 5. The normalized spacial score (nSPS) is 25.0. The predicted molar refractivity (Wildman–Crippen MR) is 75.5 cm³/mol. The molecule has 0 amide bonds. The Bertz CT molecular complexity index is 379. The molecule has 106 valence electrons. The molecule has 2 atom stereocenters. The van der Waals surface area contributed by atoms with E-state index in [0.29, 0.717) is 0 Å². The highest BCUT2D eigenvalue weighted by molar-refractivity contribution is 5.27. The van der Waals surface area contributed by atoms with Crippen molar-refractivity contribution in [1.29, 1.82) is 0 Å². The molecule has 0 aromatic heterocycles. The van der Waals surface area contributed by atoms with Crippen LogP contribution in [0.1, 0.15) is 38.2 Å². The average Bonchev–Trinajstić information content (AvgIpc) is 2.46. The first-order valence-corrected chi connectivity index (χ1v) is 7.09. The van der Waals surface area contributed by atoms with Gasteiger partial charge in [0, 0.05) is 6.61 Å². The van der Waals surface area contributed by atoms with Gasteiger partial charge in [-0.25, -0.2) is 0 Å². The maximum Gasteiger partial charge on any atom is 0.118 e. The fraction of sp³-hybridized carbons (Fsp3) is 0.625. The molecule has 1 aromatic rings. The molecule has 3 nitrogen and oxygen atoms in total. The highest BCUT2D eigenvalue weighted by atomic mass is 16.5. The summed E-state index contributed by atoms with van der Waals surface area (Å²) in [5.74, 6) is 0.867. The first-order chi connectivity index (χ1) is 9.14. The number of methoxy groups -OCH3 is 1. The third kappa shape index (κ3) is 3.71. The van der Waals surface area contributed by atoms with Crippen molar-refractivity contribution >= 4 is 0 Å². The summed E-state index contributed by atoms with van der Waals surface area (Å²) in [5, 5.41) is 10.3. The van der Waals surface area contributed by atoms with Gasteiger partial charge in [-0.15, -0.1) is 0 Å². The van der Waals surface area contributed by atoms with Crippen LogP contribution in [0.3, 0.4) is 0 Å². The van der Waals surface area contributed by atoms with Crippen molar-refractivity contribution in [2.75, 3.05) is 13.7 Å². The van der Waals surface area contributed by atoms with E-state index in [0.717, 1.165) is 44.5 Å². The molecule has 1 aromatic carbocycles. The minimum Gasteiger partial charge on any atom is -0.497 e. The lowest BCUT2D eigenvalue weighted by Gasteiger charge is -2.38. The van der Waals surface area contributed by atoms with E-state index in [9.17, 15) is 5.11 Å². The summed E-state index contributed by atoms with van der Waals surface area (Å²) in [4.78, 5) is 0. The zero-order valence-electron chi connectivity index (χ0n) is 11.9. The lowest BCUT2D eigenvalue weighted by molar-refractivity contribution is -0.137. The third-order valence-electron chi connectivity index (χ3n) is 4.07. The molecule has 2 rings (SSSR count). The van der Waals surface area contributed by atoms with Crippen LogP contribution >= 0.6 is 0 Å². The SMILES string of the molecule is COc1ccc(CCC(O)C2(C)CCCCO2)cc1. The molecule has 0 aliphatic carbocycles. The summed E-state index contributed by atoms with van der Waals surface area (Å²) < 4.78 is 10.9. The number of aryl methyl sites for hydroxylation is 1.